The van der Waals surface area contributed by atoms with Gasteiger partial charge in [0.05, 0.1) is 0 Å². The molecule has 0 bridgehead atoms. The zero-order valence-corrected chi connectivity index (χ0v) is 12.2. The molecule has 3 heteroatoms. The molecule has 20 heavy (non-hydrogen) atoms. The zero-order chi connectivity index (χ0) is 14.0. The van der Waals surface area contributed by atoms with Crippen molar-refractivity contribution in [3.8, 4) is 5.75 Å². The fourth-order valence-corrected chi connectivity index (χ4v) is 3.93. The number of hydrogen-bond donors (Lipinski definition) is 1. The van der Waals surface area contributed by atoms with E-state index in [4.69, 9.17) is 4.74 Å². The van der Waals surface area contributed by atoms with Crippen molar-refractivity contribution in [2.24, 2.45) is 5.41 Å². The predicted molar refractivity (Wildman–Crippen MR) is 78.4 cm³/mol. The van der Waals surface area contributed by atoms with Crippen molar-refractivity contribution >= 4 is 0 Å². The monoisotopic (exact) mass is 277 g/mol. The van der Waals surface area contributed by atoms with E-state index in [1.54, 1.807) is 6.07 Å². The van der Waals surface area contributed by atoms with Crippen molar-refractivity contribution in [2.45, 2.75) is 57.6 Å². The van der Waals surface area contributed by atoms with Crippen LogP contribution in [-0.2, 0) is 0 Å². The normalized spacial score (nSPS) is 27.5. The summed E-state index contributed by atoms with van der Waals surface area (Å²) in [6.45, 7) is 3.28. The zero-order valence-electron chi connectivity index (χ0n) is 12.2. The Bertz CT molecular complexity index is 456. The molecule has 2 nitrogen and oxygen atoms in total. The van der Waals surface area contributed by atoms with Gasteiger partial charge in [0.1, 0.15) is 17.7 Å². The second-order valence-electron chi connectivity index (χ2n) is 6.25. The van der Waals surface area contributed by atoms with Crippen LogP contribution in [0.1, 0.15) is 45.4 Å². The number of hydrogen-bond acceptors (Lipinski definition) is 2. The summed E-state index contributed by atoms with van der Waals surface area (Å²) in [5.74, 6) is 0.457. The molecule has 2 atom stereocenters. The molecule has 3 rings (SSSR count). The van der Waals surface area contributed by atoms with E-state index in [1.807, 2.05) is 6.07 Å². The van der Waals surface area contributed by atoms with Gasteiger partial charge in [0.15, 0.2) is 0 Å². The quantitative estimate of drug-likeness (QED) is 0.881. The Morgan fingerprint density at radius 3 is 2.85 bits per heavy atom. The first-order valence-electron chi connectivity index (χ1n) is 7.90. The first-order valence-corrected chi connectivity index (χ1v) is 7.90. The lowest BCUT2D eigenvalue weighted by atomic mass is 9.60. The Kier molecular flexibility index (Phi) is 3.97. The highest BCUT2D eigenvalue weighted by Gasteiger charge is 2.57. The number of ether oxygens (including phenoxy) is 1. The molecule has 2 aliphatic rings. The highest BCUT2D eigenvalue weighted by Crippen LogP contribution is 2.54. The maximum Gasteiger partial charge on any atom is 0.126 e. The highest BCUT2D eigenvalue weighted by atomic mass is 19.1. The van der Waals surface area contributed by atoms with Crippen LogP contribution in [-0.4, -0.2) is 18.7 Å². The van der Waals surface area contributed by atoms with Gasteiger partial charge in [-0.05, 0) is 37.9 Å². The molecule has 1 aromatic rings. The highest BCUT2D eigenvalue weighted by molar-refractivity contribution is 5.24. The van der Waals surface area contributed by atoms with Gasteiger partial charge in [0, 0.05) is 23.9 Å². The lowest BCUT2D eigenvalue weighted by Gasteiger charge is -2.54. The topological polar surface area (TPSA) is 21.3 Å². The fraction of sp³-hybridized carbons (Fsp3) is 0.647. The summed E-state index contributed by atoms with van der Waals surface area (Å²) < 4.78 is 19.4. The van der Waals surface area contributed by atoms with Crippen molar-refractivity contribution in [1.29, 1.82) is 0 Å². The third-order valence-corrected chi connectivity index (χ3v) is 5.03. The van der Waals surface area contributed by atoms with Crippen molar-refractivity contribution in [2.75, 3.05) is 6.54 Å². The summed E-state index contributed by atoms with van der Waals surface area (Å²) in [5, 5.41) is 3.67. The average Bonchev–Trinajstić information content (AvgIpc) is 2.94. The minimum atomic E-state index is -0.219. The predicted octanol–water partition coefficient (Wildman–Crippen LogP) is 3.91. The van der Waals surface area contributed by atoms with Crippen molar-refractivity contribution in [3.63, 3.8) is 0 Å². The summed E-state index contributed by atoms with van der Waals surface area (Å²) in [6, 6.07) is 7.12. The molecule has 1 spiro atoms. The Hall–Kier alpha value is -1.09. The average molecular weight is 277 g/mol. The van der Waals surface area contributed by atoms with Crippen LogP contribution in [0.5, 0.6) is 5.75 Å². The summed E-state index contributed by atoms with van der Waals surface area (Å²) >= 11 is 0. The minimum Gasteiger partial charge on any atom is -0.490 e. The first-order chi connectivity index (χ1) is 9.74. The van der Waals surface area contributed by atoms with Crippen LogP contribution in [0.25, 0.3) is 0 Å². The van der Waals surface area contributed by atoms with Crippen molar-refractivity contribution < 1.29 is 9.13 Å². The van der Waals surface area contributed by atoms with Crippen molar-refractivity contribution in [3.05, 3.63) is 30.1 Å². The lowest BCUT2D eigenvalue weighted by Crippen LogP contribution is -2.63. The van der Waals surface area contributed by atoms with Gasteiger partial charge in [-0.3, -0.25) is 0 Å². The molecule has 0 aromatic heterocycles. The second-order valence-corrected chi connectivity index (χ2v) is 6.25. The van der Waals surface area contributed by atoms with Gasteiger partial charge in [0.2, 0.25) is 0 Å². The summed E-state index contributed by atoms with van der Waals surface area (Å²) in [7, 11) is 0. The van der Waals surface area contributed by atoms with E-state index < -0.39 is 0 Å². The molecular formula is C17H24FNO. The molecule has 2 aliphatic carbocycles. The third kappa shape index (κ3) is 2.44. The smallest absolute Gasteiger partial charge is 0.126 e. The van der Waals surface area contributed by atoms with Crippen LogP contribution in [0.4, 0.5) is 4.39 Å². The molecule has 1 aromatic carbocycles. The molecule has 110 valence electrons. The molecule has 0 heterocycles. The van der Waals surface area contributed by atoms with E-state index in [-0.39, 0.29) is 11.9 Å². The fourth-order valence-electron chi connectivity index (χ4n) is 3.93. The molecule has 0 amide bonds. The number of benzene rings is 1. The van der Waals surface area contributed by atoms with E-state index in [1.165, 1.54) is 44.2 Å². The largest absolute Gasteiger partial charge is 0.490 e. The SMILES string of the molecule is CCCNC1CC(Oc2cccc(F)c2)C12CCCC2. The van der Waals surface area contributed by atoms with E-state index in [0.29, 0.717) is 17.2 Å². The van der Waals surface area contributed by atoms with Crippen LogP contribution in [0.3, 0.4) is 0 Å². The molecular weight excluding hydrogens is 253 g/mol. The van der Waals surface area contributed by atoms with E-state index in [0.717, 1.165) is 13.0 Å². The first kappa shape index (κ1) is 13.9. The van der Waals surface area contributed by atoms with E-state index >= 15 is 0 Å². The Balaban J connectivity index is 1.68. The van der Waals surface area contributed by atoms with Crippen LogP contribution in [0.2, 0.25) is 0 Å². The number of rotatable bonds is 5. The van der Waals surface area contributed by atoms with Crippen LogP contribution in [0, 0.1) is 11.2 Å². The molecule has 0 aliphatic heterocycles. The summed E-state index contributed by atoms with van der Waals surface area (Å²) in [5.41, 5.74) is 0.293. The third-order valence-electron chi connectivity index (χ3n) is 5.03. The Morgan fingerprint density at radius 2 is 2.15 bits per heavy atom. The molecule has 0 radical (unpaired) electrons. The van der Waals surface area contributed by atoms with Crippen LogP contribution >= 0.6 is 0 Å². The van der Waals surface area contributed by atoms with E-state index in [2.05, 4.69) is 12.2 Å². The van der Waals surface area contributed by atoms with Crippen LogP contribution < -0.4 is 10.1 Å². The van der Waals surface area contributed by atoms with Gasteiger partial charge in [-0.25, -0.2) is 4.39 Å². The molecule has 2 saturated carbocycles. The van der Waals surface area contributed by atoms with Gasteiger partial charge in [-0.2, -0.15) is 0 Å². The molecule has 1 N–H and O–H groups in total. The second kappa shape index (κ2) is 5.72. The maximum atomic E-state index is 13.3. The van der Waals surface area contributed by atoms with Gasteiger partial charge >= 0.3 is 0 Å². The molecule has 2 unspecified atom stereocenters. The van der Waals surface area contributed by atoms with Gasteiger partial charge in [-0.15, -0.1) is 0 Å². The minimum absolute atomic E-state index is 0.219. The van der Waals surface area contributed by atoms with Gasteiger partial charge < -0.3 is 10.1 Å². The molecule has 2 fully saturated rings. The van der Waals surface area contributed by atoms with E-state index in [9.17, 15) is 4.39 Å². The lowest BCUT2D eigenvalue weighted by molar-refractivity contribution is -0.0760. The number of halogens is 1. The summed E-state index contributed by atoms with van der Waals surface area (Å²) in [4.78, 5) is 0. The number of nitrogens with one attached hydrogen (secondary N) is 1. The standard InChI is InChI=1S/C17H24FNO/c1-2-10-19-15-12-16(17(15)8-3-4-9-17)20-14-7-5-6-13(18)11-14/h5-7,11,15-16,19H,2-4,8-10,12H2,1H3. The Labute approximate surface area is 120 Å². The van der Waals surface area contributed by atoms with Gasteiger partial charge in [0.25, 0.3) is 0 Å². The molecule has 0 saturated heterocycles. The maximum absolute atomic E-state index is 13.3. The van der Waals surface area contributed by atoms with Crippen LogP contribution in [0.15, 0.2) is 24.3 Å². The van der Waals surface area contributed by atoms with Gasteiger partial charge in [-0.1, -0.05) is 25.8 Å². The Morgan fingerprint density at radius 1 is 1.35 bits per heavy atom. The van der Waals surface area contributed by atoms with Crippen molar-refractivity contribution in [1.82, 2.24) is 5.32 Å². The summed E-state index contributed by atoms with van der Waals surface area (Å²) in [6.07, 6.45) is 7.56.